The number of hydroxylamine groups is 2. The van der Waals surface area contributed by atoms with Crippen molar-refractivity contribution in [1.29, 1.82) is 0 Å². The number of aliphatic hydroxyl groups excluding tert-OH is 2. The quantitative estimate of drug-likeness (QED) is 0.331. The number of rotatable bonds is 13. The summed E-state index contributed by atoms with van der Waals surface area (Å²) in [5.74, 6) is 1.02. The molecule has 2 bridgehead atoms. The van der Waals surface area contributed by atoms with Gasteiger partial charge >= 0.3 is 0 Å². The zero-order valence-electron chi connectivity index (χ0n) is 26.6. The van der Waals surface area contributed by atoms with E-state index in [1.54, 1.807) is 12.0 Å². The number of aliphatic hydroxyl groups is 2. The number of anilines is 1. The number of hydrogen-bond donors (Lipinski definition) is 3. The zero-order valence-corrected chi connectivity index (χ0v) is 26.6. The van der Waals surface area contributed by atoms with Gasteiger partial charge in [-0.15, -0.1) is 0 Å². The summed E-state index contributed by atoms with van der Waals surface area (Å²) in [5, 5.41) is 26.0. The van der Waals surface area contributed by atoms with Crippen LogP contribution in [-0.4, -0.2) is 116 Å². The monoisotopic (exact) mass is 573 g/mol. The Kier molecular flexibility index (Phi) is 10.4. The molecule has 8 atom stereocenters. The first kappa shape index (κ1) is 32.2. The molecule has 5 rings (SSSR count). The third kappa shape index (κ3) is 7.08. The molecule has 2 unspecified atom stereocenters. The Bertz CT molecular complexity index is 1010. The van der Waals surface area contributed by atoms with Crippen LogP contribution in [-0.2, 0) is 16.2 Å². The molecule has 4 fully saturated rings. The first-order valence-corrected chi connectivity index (χ1v) is 15.5. The Balaban J connectivity index is 1.52. The number of hydrogen-bond acceptors (Lipinski definition) is 8. The molecule has 0 aromatic heterocycles. The minimum absolute atomic E-state index is 0.113. The first-order chi connectivity index (χ1) is 19.3. The lowest BCUT2D eigenvalue weighted by molar-refractivity contribution is -0.183. The standard InChI is InChI=1S/C32H55N5O4/c1-21-26-17-24(32(26,3)4)18-27(21)33-31(40)30-29(22(2)39)28(20-38)41-37(30)19-23-10-9-11-25(16-23)36(14-12-34(5)6)15-13-35(7)8/h9-11,16,21-22,24,26-30,38-39H,12-15,17-20H2,1-8H3,(H,33,40)/t21?,22-,24+,26?,27-,28-,29+,30-/m0/s1. The lowest BCUT2D eigenvalue weighted by Crippen LogP contribution is -2.62. The van der Waals surface area contributed by atoms with E-state index in [0.29, 0.717) is 29.7 Å². The fraction of sp³-hybridized carbons (Fsp3) is 0.781. The Labute approximate surface area is 247 Å². The molecule has 4 aliphatic rings. The van der Waals surface area contributed by atoms with Crippen LogP contribution in [0.3, 0.4) is 0 Å². The molecule has 1 aliphatic heterocycles. The third-order valence-corrected chi connectivity index (χ3v) is 10.3. The molecule has 232 valence electrons. The second-order valence-electron chi connectivity index (χ2n) is 14.0. The van der Waals surface area contributed by atoms with Crippen LogP contribution >= 0.6 is 0 Å². The maximum absolute atomic E-state index is 13.9. The summed E-state index contributed by atoms with van der Waals surface area (Å²) in [5.41, 5.74) is 2.50. The van der Waals surface area contributed by atoms with Crippen molar-refractivity contribution in [1.82, 2.24) is 20.2 Å². The Hall–Kier alpha value is -1.75. The summed E-state index contributed by atoms with van der Waals surface area (Å²) < 4.78 is 0. The molecule has 3 N–H and O–H groups in total. The number of nitrogens with one attached hydrogen (secondary N) is 1. The first-order valence-electron chi connectivity index (χ1n) is 15.5. The van der Waals surface area contributed by atoms with Crippen LogP contribution in [0.1, 0.15) is 46.1 Å². The van der Waals surface area contributed by atoms with Gasteiger partial charge in [0.15, 0.2) is 0 Å². The molecule has 9 nitrogen and oxygen atoms in total. The number of benzene rings is 1. The van der Waals surface area contributed by atoms with Crippen LogP contribution in [0, 0.1) is 29.1 Å². The lowest BCUT2D eigenvalue weighted by atomic mass is 9.45. The largest absolute Gasteiger partial charge is 0.394 e. The van der Waals surface area contributed by atoms with Crippen LogP contribution in [0.15, 0.2) is 24.3 Å². The van der Waals surface area contributed by atoms with Gasteiger partial charge in [-0.05, 0) is 88.8 Å². The third-order valence-electron chi connectivity index (χ3n) is 10.3. The molecule has 1 heterocycles. The van der Waals surface area contributed by atoms with Gasteiger partial charge < -0.3 is 30.2 Å². The molecule has 9 heteroatoms. The lowest BCUT2D eigenvalue weighted by Gasteiger charge is -2.62. The van der Waals surface area contributed by atoms with Crippen molar-refractivity contribution in [2.24, 2.45) is 29.1 Å². The van der Waals surface area contributed by atoms with Gasteiger partial charge in [0.1, 0.15) is 12.1 Å². The van der Waals surface area contributed by atoms with E-state index < -0.39 is 24.2 Å². The van der Waals surface area contributed by atoms with Crippen LogP contribution in [0.4, 0.5) is 5.69 Å². The highest BCUT2D eigenvalue weighted by atomic mass is 16.7. The van der Waals surface area contributed by atoms with Crippen LogP contribution in [0.25, 0.3) is 0 Å². The highest BCUT2D eigenvalue weighted by molar-refractivity contribution is 5.82. The van der Waals surface area contributed by atoms with Gasteiger partial charge in [-0.2, -0.15) is 5.06 Å². The summed E-state index contributed by atoms with van der Waals surface area (Å²) in [6, 6.07) is 7.85. The Morgan fingerprint density at radius 2 is 1.78 bits per heavy atom. The molecule has 3 saturated carbocycles. The molecule has 41 heavy (non-hydrogen) atoms. The summed E-state index contributed by atoms with van der Waals surface area (Å²) in [4.78, 5) is 26.9. The van der Waals surface area contributed by atoms with Gasteiger partial charge in [-0.25, -0.2) is 0 Å². The molecular formula is C32H55N5O4. The maximum atomic E-state index is 13.9. The highest BCUT2D eigenvalue weighted by Gasteiger charge is 2.57. The van der Waals surface area contributed by atoms with Gasteiger partial charge in [0.05, 0.1) is 19.3 Å². The molecule has 0 spiro atoms. The summed E-state index contributed by atoms with van der Waals surface area (Å²) in [6.45, 7) is 12.5. The average Bonchev–Trinajstić information content (AvgIpc) is 3.28. The average molecular weight is 574 g/mol. The SMILES string of the molecule is CC1C2C[C@H](C[C@@H]1NC(=O)[C@@H]1[C@H]([C@H](C)O)[C@H](CO)ON1Cc1cccc(N(CCN(C)C)CCN(C)C)c1)C2(C)C. The molecule has 1 aromatic rings. The predicted molar refractivity (Wildman–Crippen MR) is 163 cm³/mol. The number of carbonyl (C=O) groups excluding carboxylic acids is 1. The summed E-state index contributed by atoms with van der Waals surface area (Å²) in [6.07, 6.45) is 0.799. The van der Waals surface area contributed by atoms with Crippen LogP contribution in [0.5, 0.6) is 0 Å². The van der Waals surface area contributed by atoms with E-state index in [-0.39, 0.29) is 18.6 Å². The fourth-order valence-electron chi connectivity index (χ4n) is 7.53. The Morgan fingerprint density at radius 3 is 2.32 bits per heavy atom. The van der Waals surface area contributed by atoms with Crippen molar-refractivity contribution in [3.63, 3.8) is 0 Å². The van der Waals surface area contributed by atoms with Gasteiger partial charge in [-0.3, -0.25) is 9.63 Å². The number of fused-ring (bicyclic) bond motifs is 2. The van der Waals surface area contributed by atoms with Crippen molar-refractivity contribution in [3.05, 3.63) is 29.8 Å². The van der Waals surface area contributed by atoms with Gasteiger partial charge in [-0.1, -0.05) is 32.9 Å². The predicted octanol–water partition coefficient (Wildman–Crippen LogP) is 2.28. The van der Waals surface area contributed by atoms with Crippen molar-refractivity contribution in [2.45, 2.75) is 71.4 Å². The molecule has 0 radical (unpaired) electrons. The molecule has 1 amide bonds. The normalized spacial score (nSPS) is 31.8. The van der Waals surface area contributed by atoms with E-state index in [2.05, 4.69) is 93.2 Å². The second kappa shape index (κ2) is 13.3. The van der Waals surface area contributed by atoms with Gasteiger partial charge in [0.25, 0.3) is 0 Å². The molecular weight excluding hydrogens is 518 g/mol. The van der Waals surface area contributed by atoms with Crippen LogP contribution in [0.2, 0.25) is 0 Å². The molecule has 1 saturated heterocycles. The van der Waals surface area contributed by atoms with Crippen LogP contribution < -0.4 is 10.2 Å². The van der Waals surface area contributed by atoms with E-state index in [1.807, 2.05) is 0 Å². The highest BCUT2D eigenvalue weighted by Crippen LogP contribution is 2.61. The second-order valence-corrected chi connectivity index (χ2v) is 14.0. The zero-order chi connectivity index (χ0) is 30.1. The van der Waals surface area contributed by atoms with Gasteiger partial charge in [0.2, 0.25) is 5.91 Å². The minimum Gasteiger partial charge on any atom is -0.394 e. The summed E-state index contributed by atoms with van der Waals surface area (Å²) >= 11 is 0. The summed E-state index contributed by atoms with van der Waals surface area (Å²) in [7, 11) is 8.35. The van der Waals surface area contributed by atoms with E-state index >= 15 is 0 Å². The minimum atomic E-state index is -0.803. The van der Waals surface area contributed by atoms with E-state index in [9.17, 15) is 15.0 Å². The van der Waals surface area contributed by atoms with Crippen molar-refractivity contribution >= 4 is 11.6 Å². The number of carbonyl (C=O) groups is 1. The topological polar surface area (TPSA) is 91.7 Å². The van der Waals surface area contributed by atoms with Crippen molar-refractivity contribution < 1.29 is 19.8 Å². The Morgan fingerprint density at radius 1 is 1.12 bits per heavy atom. The fourth-order valence-corrected chi connectivity index (χ4v) is 7.53. The van der Waals surface area contributed by atoms with E-state index in [4.69, 9.17) is 4.84 Å². The van der Waals surface area contributed by atoms with E-state index in [0.717, 1.165) is 43.9 Å². The number of likely N-dealkylation sites (N-methyl/N-ethyl adjacent to an activating group) is 2. The number of amides is 1. The molecule has 3 aliphatic carbocycles. The smallest absolute Gasteiger partial charge is 0.240 e. The van der Waals surface area contributed by atoms with Crippen molar-refractivity contribution in [2.75, 3.05) is 65.9 Å². The van der Waals surface area contributed by atoms with Gasteiger partial charge in [0, 0.05) is 43.8 Å². The molecule has 1 aromatic carbocycles. The van der Waals surface area contributed by atoms with E-state index in [1.165, 1.54) is 6.42 Å². The number of nitrogens with zero attached hydrogens (tertiary/aromatic N) is 4. The van der Waals surface area contributed by atoms with Crippen molar-refractivity contribution in [3.8, 4) is 0 Å². The maximum Gasteiger partial charge on any atom is 0.240 e.